The van der Waals surface area contributed by atoms with Crippen LogP contribution in [0.1, 0.15) is 61.6 Å². The third-order valence-electron chi connectivity index (χ3n) is 4.69. The van der Waals surface area contributed by atoms with Gasteiger partial charge in [-0.15, -0.1) is 0 Å². The molecular formula is C27H31NO. The first-order chi connectivity index (χ1) is 14.3. The van der Waals surface area contributed by atoms with E-state index in [9.17, 15) is 0 Å². The molecular weight excluding hydrogens is 354 g/mol. The van der Waals surface area contributed by atoms with Crippen LogP contribution >= 0.6 is 0 Å². The second-order valence-corrected chi connectivity index (χ2v) is 7.06. The molecule has 0 aromatic heterocycles. The van der Waals surface area contributed by atoms with Crippen LogP contribution in [-0.2, 0) is 0 Å². The molecule has 0 aliphatic carbocycles. The smallest absolute Gasteiger partial charge is 0.119 e. The van der Waals surface area contributed by atoms with Crippen LogP contribution in [0.4, 0.5) is 0 Å². The van der Waals surface area contributed by atoms with Gasteiger partial charge < -0.3 is 4.74 Å². The van der Waals surface area contributed by atoms with E-state index in [-0.39, 0.29) is 0 Å². The molecule has 0 fully saturated rings. The maximum atomic E-state index is 8.84. The quantitative estimate of drug-likeness (QED) is 0.202. The van der Waals surface area contributed by atoms with Gasteiger partial charge in [-0.1, -0.05) is 86.9 Å². The molecule has 2 rings (SSSR count). The van der Waals surface area contributed by atoms with E-state index in [0.717, 1.165) is 36.3 Å². The lowest BCUT2D eigenvalue weighted by molar-refractivity contribution is 0.304. The van der Waals surface area contributed by atoms with Gasteiger partial charge in [0.05, 0.1) is 18.2 Å². The first-order valence-electron chi connectivity index (χ1n) is 10.5. The van der Waals surface area contributed by atoms with Crippen molar-refractivity contribution in [3.63, 3.8) is 0 Å². The molecule has 150 valence electrons. The van der Waals surface area contributed by atoms with E-state index >= 15 is 0 Å². The molecule has 0 N–H and O–H groups in total. The molecule has 0 amide bonds. The van der Waals surface area contributed by atoms with Crippen molar-refractivity contribution in [2.24, 2.45) is 0 Å². The summed E-state index contributed by atoms with van der Waals surface area (Å²) in [5.41, 5.74) is 2.89. The van der Waals surface area contributed by atoms with Crippen LogP contribution in [0.5, 0.6) is 5.75 Å². The summed E-state index contributed by atoms with van der Waals surface area (Å²) in [7, 11) is 0. The number of hydrogen-bond donors (Lipinski definition) is 0. The maximum Gasteiger partial charge on any atom is 0.119 e. The predicted molar refractivity (Wildman–Crippen MR) is 124 cm³/mol. The highest BCUT2D eigenvalue weighted by Gasteiger charge is 1.96. The van der Waals surface area contributed by atoms with Crippen molar-refractivity contribution in [2.45, 2.75) is 44.9 Å². The topological polar surface area (TPSA) is 33.0 Å². The van der Waals surface area contributed by atoms with Gasteiger partial charge in [-0.25, -0.2) is 0 Å². The predicted octanol–water partition coefficient (Wildman–Crippen LogP) is 7.58. The second kappa shape index (κ2) is 14.0. The molecule has 0 aliphatic rings. The molecule has 2 aromatic rings. The summed E-state index contributed by atoms with van der Waals surface area (Å²) in [6.07, 6.45) is 18.8. The van der Waals surface area contributed by atoms with Crippen LogP contribution < -0.4 is 4.74 Å². The number of hydrogen-bond acceptors (Lipinski definition) is 2. The average molecular weight is 386 g/mol. The van der Waals surface area contributed by atoms with Crippen LogP contribution in [0.2, 0.25) is 0 Å². The van der Waals surface area contributed by atoms with Crippen molar-refractivity contribution in [2.75, 3.05) is 6.61 Å². The van der Waals surface area contributed by atoms with Crippen molar-refractivity contribution in [3.05, 3.63) is 90.0 Å². The van der Waals surface area contributed by atoms with Gasteiger partial charge in [0.15, 0.2) is 0 Å². The van der Waals surface area contributed by atoms with E-state index in [1.807, 2.05) is 54.6 Å². The van der Waals surface area contributed by atoms with E-state index in [2.05, 4.69) is 36.9 Å². The van der Waals surface area contributed by atoms with Gasteiger partial charge in [-0.3, -0.25) is 0 Å². The third-order valence-corrected chi connectivity index (χ3v) is 4.69. The van der Waals surface area contributed by atoms with Gasteiger partial charge in [0.1, 0.15) is 5.75 Å². The Kier molecular flexibility index (Phi) is 10.8. The summed E-state index contributed by atoms with van der Waals surface area (Å²) in [5, 5.41) is 8.84. The monoisotopic (exact) mass is 385 g/mol. The highest BCUT2D eigenvalue weighted by atomic mass is 16.5. The van der Waals surface area contributed by atoms with Gasteiger partial charge >= 0.3 is 0 Å². The standard InChI is InChI=1S/C27H31NO/c1-2-3-4-5-6-7-8-9-10-11-22-29-27-20-18-25(19-21-27)13-12-24-14-16-26(23-28)17-15-24/h2-4,12-21H,1,5-11,22H2/b4-3+,13-12+. The summed E-state index contributed by atoms with van der Waals surface area (Å²) >= 11 is 0. The number of benzene rings is 2. The summed E-state index contributed by atoms with van der Waals surface area (Å²) in [6, 6.07) is 17.9. The van der Waals surface area contributed by atoms with E-state index in [4.69, 9.17) is 10.00 Å². The zero-order chi connectivity index (χ0) is 20.6. The molecule has 0 heterocycles. The Labute approximate surface area is 175 Å². The van der Waals surface area contributed by atoms with Crippen molar-refractivity contribution >= 4 is 12.2 Å². The van der Waals surface area contributed by atoms with E-state index < -0.39 is 0 Å². The molecule has 0 spiro atoms. The van der Waals surface area contributed by atoms with Gasteiger partial charge in [0, 0.05) is 0 Å². The number of ether oxygens (including phenoxy) is 1. The average Bonchev–Trinajstić information content (AvgIpc) is 2.77. The number of rotatable bonds is 13. The van der Waals surface area contributed by atoms with Gasteiger partial charge in [0.2, 0.25) is 0 Å². The van der Waals surface area contributed by atoms with Crippen molar-refractivity contribution in [1.29, 1.82) is 5.26 Å². The maximum absolute atomic E-state index is 8.84. The molecule has 2 heteroatoms. The van der Waals surface area contributed by atoms with Crippen LogP contribution in [0, 0.1) is 11.3 Å². The molecule has 0 unspecified atom stereocenters. The summed E-state index contributed by atoms with van der Waals surface area (Å²) in [6.45, 7) is 4.46. The van der Waals surface area contributed by atoms with Crippen LogP contribution in [-0.4, -0.2) is 6.61 Å². The number of nitrogens with zero attached hydrogens (tertiary/aromatic N) is 1. The van der Waals surface area contributed by atoms with Crippen molar-refractivity contribution in [1.82, 2.24) is 0 Å². The van der Waals surface area contributed by atoms with Gasteiger partial charge in [-0.05, 0) is 54.7 Å². The SMILES string of the molecule is C=C/C=C/CCCCCCCCOc1ccc(/C=C/c2ccc(C#N)cc2)cc1. The Bertz CT molecular complexity index is 807. The highest BCUT2D eigenvalue weighted by Crippen LogP contribution is 2.16. The Balaban J connectivity index is 1.59. The molecule has 0 atom stereocenters. The molecule has 2 nitrogen and oxygen atoms in total. The van der Waals surface area contributed by atoms with Crippen LogP contribution in [0.15, 0.2) is 73.3 Å². The fraction of sp³-hybridized carbons (Fsp3) is 0.296. The Morgan fingerprint density at radius 1 is 0.793 bits per heavy atom. The minimum Gasteiger partial charge on any atom is -0.494 e. The first-order valence-corrected chi connectivity index (χ1v) is 10.5. The van der Waals surface area contributed by atoms with E-state index in [1.165, 1.54) is 32.1 Å². The van der Waals surface area contributed by atoms with Crippen molar-refractivity contribution in [3.8, 4) is 11.8 Å². The summed E-state index contributed by atoms with van der Waals surface area (Å²) in [4.78, 5) is 0. The fourth-order valence-corrected chi connectivity index (χ4v) is 2.99. The zero-order valence-electron chi connectivity index (χ0n) is 17.2. The lowest BCUT2D eigenvalue weighted by Crippen LogP contribution is -1.97. The van der Waals surface area contributed by atoms with Crippen LogP contribution in [0.3, 0.4) is 0 Å². The fourth-order valence-electron chi connectivity index (χ4n) is 2.99. The molecule has 2 aromatic carbocycles. The van der Waals surface area contributed by atoms with Crippen LogP contribution in [0.25, 0.3) is 12.2 Å². The van der Waals surface area contributed by atoms with Gasteiger partial charge in [0.25, 0.3) is 0 Å². The molecule has 29 heavy (non-hydrogen) atoms. The summed E-state index contributed by atoms with van der Waals surface area (Å²) < 4.78 is 5.85. The third kappa shape index (κ3) is 9.63. The highest BCUT2D eigenvalue weighted by molar-refractivity contribution is 5.70. The van der Waals surface area contributed by atoms with Gasteiger partial charge in [-0.2, -0.15) is 5.26 Å². The number of nitriles is 1. The molecule has 0 bridgehead atoms. The molecule has 0 saturated heterocycles. The van der Waals surface area contributed by atoms with E-state index in [1.54, 1.807) is 0 Å². The lowest BCUT2D eigenvalue weighted by atomic mass is 10.1. The van der Waals surface area contributed by atoms with Crippen molar-refractivity contribution < 1.29 is 4.74 Å². The minimum absolute atomic E-state index is 0.681. The molecule has 0 saturated carbocycles. The van der Waals surface area contributed by atoms with E-state index in [0.29, 0.717) is 5.56 Å². The Hall–Kier alpha value is -3.05. The molecule has 0 aliphatic heterocycles. The minimum atomic E-state index is 0.681. The number of allylic oxidation sites excluding steroid dienone is 3. The zero-order valence-corrected chi connectivity index (χ0v) is 17.2. The number of unbranched alkanes of at least 4 members (excludes halogenated alkanes) is 6. The Morgan fingerprint density at radius 2 is 1.38 bits per heavy atom. The Morgan fingerprint density at radius 3 is 2.00 bits per heavy atom. The lowest BCUT2D eigenvalue weighted by Gasteiger charge is -2.06. The largest absolute Gasteiger partial charge is 0.494 e. The molecule has 0 radical (unpaired) electrons. The summed E-state index contributed by atoms with van der Waals surface area (Å²) in [5.74, 6) is 0.925. The second-order valence-electron chi connectivity index (χ2n) is 7.06. The first kappa shape index (κ1) is 22.2. The normalized spacial score (nSPS) is 11.0.